The van der Waals surface area contributed by atoms with Crippen molar-refractivity contribution in [1.82, 2.24) is 25.1 Å². The maximum absolute atomic E-state index is 11.6. The van der Waals surface area contributed by atoms with Crippen molar-refractivity contribution in [1.29, 1.82) is 0 Å². The lowest BCUT2D eigenvalue weighted by atomic mass is 10.2. The van der Waals surface area contributed by atoms with E-state index < -0.39 is 5.60 Å². The minimum atomic E-state index is -0.479. The lowest BCUT2D eigenvalue weighted by Gasteiger charge is -2.19. The second-order valence-electron chi connectivity index (χ2n) is 7.91. The number of nitrogens with one attached hydrogen (secondary N) is 1. The molecule has 0 aliphatic carbocycles. The smallest absolute Gasteiger partial charge is 0.407 e. The number of benzene rings is 1. The zero-order chi connectivity index (χ0) is 22.4. The number of halogens is 2. The number of hydrogen-bond donors (Lipinski definition) is 1. The molecular weight excluding hydrogens is 477 g/mol. The van der Waals surface area contributed by atoms with Gasteiger partial charge in [0.1, 0.15) is 5.60 Å². The Morgan fingerprint density at radius 3 is 2.65 bits per heavy atom. The van der Waals surface area contributed by atoms with Crippen LogP contribution in [0.1, 0.15) is 51.4 Å². The number of carbonyl (C=O) groups is 1. The number of ether oxygens (including phenoxy) is 1. The number of alkyl carbamates (subject to hydrolysis) is 1. The van der Waals surface area contributed by atoms with E-state index in [1.165, 1.54) is 11.3 Å². The minimum Gasteiger partial charge on any atom is -0.444 e. The van der Waals surface area contributed by atoms with Crippen LogP contribution in [0.3, 0.4) is 0 Å². The van der Waals surface area contributed by atoms with Crippen molar-refractivity contribution >= 4 is 57.4 Å². The van der Waals surface area contributed by atoms with Gasteiger partial charge in [0.2, 0.25) is 4.96 Å². The number of fused-ring (bicyclic) bond motifs is 1. The van der Waals surface area contributed by atoms with Crippen molar-refractivity contribution in [2.45, 2.75) is 62.1 Å². The molecule has 3 rings (SSSR count). The van der Waals surface area contributed by atoms with Gasteiger partial charge in [0.15, 0.2) is 10.2 Å². The number of aromatic nitrogens is 4. The third-order valence-electron chi connectivity index (χ3n) is 4.18. The molecule has 2 heterocycles. The Morgan fingerprint density at radius 1 is 1.19 bits per heavy atom. The Labute approximate surface area is 199 Å². The van der Waals surface area contributed by atoms with E-state index in [2.05, 4.69) is 20.6 Å². The van der Waals surface area contributed by atoms with Gasteiger partial charge in [-0.2, -0.15) is 4.52 Å². The third kappa shape index (κ3) is 7.24. The summed E-state index contributed by atoms with van der Waals surface area (Å²) in [6.45, 7) is 6.13. The zero-order valence-electron chi connectivity index (χ0n) is 17.7. The first kappa shape index (κ1) is 24.1. The van der Waals surface area contributed by atoms with Crippen LogP contribution in [0.4, 0.5) is 4.79 Å². The molecule has 0 aliphatic heterocycles. The molecule has 11 heteroatoms. The molecule has 0 saturated heterocycles. The molecule has 0 unspecified atom stereocenters. The summed E-state index contributed by atoms with van der Waals surface area (Å²) in [5.41, 5.74) is 0.426. The van der Waals surface area contributed by atoms with Crippen molar-refractivity contribution in [3.63, 3.8) is 0 Å². The Hall–Kier alpha value is -1.55. The van der Waals surface area contributed by atoms with Crippen LogP contribution in [-0.4, -0.2) is 38.1 Å². The number of carbonyl (C=O) groups excluding carboxylic acids is 1. The quantitative estimate of drug-likeness (QED) is 0.285. The molecule has 0 fully saturated rings. The molecule has 1 aromatic carbocycles. The van der Waals surface area contributed by atoms with Crippen LogP contribution in [0.15, 0.2) is 22.5 Å². The van der Waals surface area contributed by atoms with E-state index in [0.29, 0.717) is 22.3 Å². The van der Waals surface area contributed by atoms with Crippen molar-refractivity contribution in [3.05, 3.63) is 39.6 Å². The van der Waals surface area contributed by atoms with E-state index in [4.69, 9.17) is 27.9 Å². The van der Waals surface area contributed by atoms with Gasteiger partial charge in [-0.05, 0) is 51.3 Å². The first-order valence-electron chi connectivity index (χ1n) is 9.96. The summed E-state index contributed by atoms with van der Waals surface area (Å²) in [6, 6.07) is 5.51. The van der Waals surface area contributed by atoms with E-state index >= 15 is 0 Å². The standard InChI is InChI=1S/C20H25Cl2N5O2S2/c1-20(2,3)29-18(28)23-11-6-4-5-10-16-24-25-17-27(16)26-19(31-17)30-12-13-14(21)8-7-9-15(13)22/h7-9H,4-6,10-12H2,1-3H3,(H,23,28). The predicted molar refractivity (Wildman–Crippen MR) is 126 cm³/mol. The number of unbranched alkanes of at least 4 members (excludes halogenated alkanes) is 2. The second-order valence-corrected chi connectivity index (χ2v) is 10.9. The molecule has 0 atom stereocenters. The van der Waals surface area contributed by atoms with Crippen molar-refractivity contribution in [3.8, 4) is 0 Å². The average molecular weight is 502 g/mol. The molecule has 7 nitrogen and oxygen atoms in total. The van der Waals surface area contributed by atoms with Crippen LogP contribution in [0.2, 0.25) is 10.0 Å². The Bertz CT molecular complexity index is 1010. The fourth-order valence-corrected chi connectivity index (χ4v) is 5.38. The molecule has 168 valence electrons. The lowest BCUT2D eigenvalue weighted by molar-refractivity contribution is 0.0527. The van der Waals surface area contributed by atoms with Gasteiger partial charge in [0.25, 0.3) is 0 Å². The van der Waals surface area contributed by atoms with E-state index in [-0.39, 0.29) is 6.09 Å². The second kappa shape index (κ2) is 10.8. The third-order valence-corrected chi connectivity index (χ3v) is 6.95. The largest absolute Gasteiger partial charge is 0.444 e. The Balaban J connectivity index is 1.44. The van der Waals surface area contributed by atoms with Gasteiger partial charge in [-0.25, -0.2) is 4.79 Å². The molecule has 31 heavy (non-hydrogen) atoms. The highest BCUT2D eigenvalue weighted by Crippen LogP contribution is 2.33. The first-order chi connectivity index (χ1) is 14.7. The predicted octanol–water partition coefficient (Wildman–Crippen LogP) is 6.02. The van der Waals surface area contributed by atoms with Crippen LogP contribution < -0.4 is 5.32 Å². The number of hydrogen-bond acceptors (Lipinski definition) is 7. The van der Waals surface area contributed by atoms with E-state index in [0.717, 1.165) is 46.4 Å². The zero-order valence-corrected chi connectivity index (χ0v) is 20.8. The molecular formula is C20H25Cl2N5O2S2. The molecule has 0 saturated carbocycles. The van der Waals surface area contributed by atoms with E-state index in [1.54, 1.807) is 16.3 Å². The van der Waals surface area contributed by atoms with E-state index in [1.807, 2.05) is 39.0 Å². The number of nitrogens with zero attached hydrogens (tertiary/aromatic N) is 4. The van der Waals surface area contributed by atoms with Gasteiger partial charge >= 0.3 is 6.09 Å². The van der Waals surface area contributed by atoms with Crippen molar-refractivity contribution < 1.29 is 9.53 Å². The summed E-state index contributed by atoms with van der Waals surface area (Å²) in [6.07, 6.45) is 3.17. The Morgan fingerprint density at radius 2 is 1.94 bits per heavy atom. The van der Waals surface area contributed by atoms with Gasteiger partial charge in [0.05, 0.1) is 0 Å². The maximum atomic E-state index is 11.6. The number of rotatable bonds is 9. The molecule has 0 aliphatic rings. The minimum absolute atomic E-state index is 0.378. The van der Waals surface area contributed by atoms with Gasteiger partial charge in [-0.15, -0.1) is 15.3 Å². The molecule has 3 aromatic rings. The average Bonchev–Trinajstić information content (AvgIpc) is 3.23. The molecule has 1 amide bonds. The van der Waals surface area contributed by atoms with Crippen LogP contribution in [0.25, 0.3) is 4.96 Å². The van der Waals surface area contributed by atoms with Crippen LogP contribution >= 0.6 is 46.3 Å². The van der Waals surface area contributed by atoms with Crippen molar-refractivity contribution in [2.75, 3.05) is 6.54 Å². The normalized spacial score (nSPS) is 11.8. The van der Waals surface area contributed by atoms with Gasteiger partial charge in [0, 0.05) is 28.8 Å². The summed E-state index contributed by atoms with van der Waals surface area (Å²) in [7, 11) is 0. The number of aryl methyl sites for hydroxylation is 1. The summed E-state index contributed by atoms with van der Waals surface area (Å²) < 4.78 is 7.92. The van der Waals surface area contributed by atoms with Gasteiger partial charge in [-0.3, -0.25) is 0 Å². The molecule has 0 bridgehead atoms. The van der Waals surface area contributed by atoms with Crippen LogP contribution in [0, 0.1) is 0 Å². The summed E-state index contributed by atoms with van der Waals surface area (Å²) in [5.74, 6) is 1.48. The fourth-order valence-electron chi connectivity index (χ4n) is 2.75. The first-order valence-corrected chi connectivity index (χ1v) is 12.5. The SMILES string of the molecule is CC(C)(C)OC(=O)NCCCCCc1nnc2sc(SCc3c(Cl)cccc3Cl)nn12. The highest BCUT2D eigenvalue weighted by Gasteiger charge is 2.16. The molecule has 2 aromatic heterocycles. The highest BCUT2D eigenvalue weighted by atomic mass is 35.5. The van der Waals surface area contributed by atoms with Crippen molar-refractivity contribution in [2.24, 2.45) is 0 Å². The maximum Gasteiger partial charge on any atom is 0.407 e. The summed E-state index contributed by atoms with van der Waals surface area (Å²) in [5, 5.41) is 17.2. The number of amides is 1. The fraction of sp³-hybridized carbons (Fsp3) is 0.500. The summed E-state index contributed by atoms with van der Waals surface area (Å²) >= 11 is 15.6. The van der Waals surface area contributed by atoms with E-state index in [9.17, 15) is 4.79 Å². The van der Waals surface area contributed by atoms with Gasteiger partial charge in [-0.1, -0.05) is 58.8 Å². The molecule has 0 radical (unpaired) electrons. The van der Waals surface area contributed by atoms with Gasteiger partial charge < -0.3 is 10.1 Å². The topological polar surface area (TPSA) is 81.4 Å². The highest BCUT2D eigenvalue weighted by molar-refractivity contribution is 8.00. The van der Waals surface area contributed by atoms with Crippen LogP contribution in [-0.2, 0) is 16.9 Å². The number of thioether (sulfide) groups is 1. The summed E-state index contributed by atoms with van der Waals surface area (Å²) in [4.78, 5) is 12.4. The Kier molecular flexibility index (Phi) is 8.43. The monoisotopic (exact) mass is 501 g/mol. The van der Waals surface area contributed by atoms with Crippen LogP contribution in [0.5, 0.6) is 0 Å². The molecule has 0 spiro atoms. The molecule has 1 N–H and O–H groups in total. The lowest BCUT2D eigenvalue weighted by Crippen LogP contribution is -2.32.